The van der Waals surface area contributed by atoms with Crippen LogP contribution in [-0.2, 0) is 23.9 Å². The molecular weight excluding hydrogens is 238 g/mol. The van der Waals surface area contributed by atoms with Crippen LogP contribution in [0.5, 0.6) is 0 Å². The van der Waals surface area contributed by atoms with E-state index in [-0.39, 0.29) is 12.7 Å². The van der Waals surface area contributed by atoms with Crippen molar-refractivity contribution in [1.29, 1.82) is 0 Å². The molecule has 2 aliphatic rings. The number of rotatable bonds is 4. The number of hydrogen-bond acceptors (Lipinski definition) is 5. The Morgan fingerprint density at radius 3 is 2.72 bits per heavy atom. The Kier molecular flexibility index (Phi) is 3.76. The number of hydrogen-bond donors (Lipinski definition) is 0. The molecule has 98 valence electrons. The summed E-state index contributed by atoms with van der Waals surface area (Å²) in [4.78, 5) is 35.4. The smallest absolute Gasteiger partial charge is 0.329 e. The Balaban J connectivity index is 1.84. The fraction of sp³-hybridized carbons (Fsp3) is 0.583. The molecule has 2 atom stereocenters. The summed E-state index contributed by atoms with van der Waals surface area (Å²) in [6, 6.07) is -0.901. The molecule has 2 amide bonds. The first-order valence-corrected chi connectivity index (χ1v) is 5.93. The van der Waals surface area contributed by atoms with Crippen LogP contribution in [0.2, 0.25) is 0 Å². The van der Waals surface area contributed by atoms with E-state index in [0.717, 1.165) is 29.9 Å². The third-order valence-electron chi connectivity index (χ3n) is 3.01. The average Bonchev–Trinajstić information content (AvgIpc) is 2.96. The van der Waals surface area contributed by atoms with Gasteiger partial charge < -0.3 is 9.47 Å². The molecule has 2 heterocycles. The van der Waals surface area contributed by atoms with E-state index in [9.17, 15) is 14.4 Å². The van der Waals surface area contributed by atoms with Gasteiger partial charge in [-0.25, -0.2) is 4.79 Å². The van der Waals surface area contributed by atoms with Crippen molar-refractivity contribution in [2.45, 2.75) is 31.9 Å². The molecule has 1 fully saturated rings. The van der Waals surface area contributed by atoms with Gasteiger partial charge in [0.15, 0.2) is 0 Å². The highest BCUT2D eigenvalue weighted by molar-refractivity contribution is 6.14. The molecule has 0 aromatic heterocycles. The lowest BCUT2D eigenvalue weighted by atomic mass is 10.2. The van der Waals surface area contributed by atoms with Crippen molar-refractivity contribution >= 4 is 17.8 Å². The molecule has 0 saturated carbocycles. The van der Waals surface area contributed by atoms with Crippen molar-refractivity contribution in [3.63, 3.8) is 0 Å². The first-order chi connectivity index (χ1) is 8.59. The van der Waals surface area contributed by atoms with Gasteiger partial charge in [-0.2, -0.15) is 0 Å². The molecular formula is C12H15NO5. The van der Waals surface area contributed by atoms with Crippen molar-refractivity contribution in [2.75, 3.05) is 13.2 Å². The van der Waals surface area contributed by atoms with Crippen molar-refractivity contribution in [1.82, 2.24) is 4.90 Å². The van der Waals surface area contributed by atoms with E-state index in [1.165, 1.54) is 6.92 Å². The summed E-state index contributed by atoms with van der Waals surface area (Å²) >= 11 is 0. The molecule has 2 rings (SSSR count). The summed E-state index contributed by atoms with van der Waals surface area (Å²) in [5.41, 5.74) is 0. The fourth-order valence-electron chi connectivity index (χ4n) is 1.97. The van der Waals surface area contributed by atoms with Crippen molar-refractivity contribution in [2.24, 2.45) is 0 Å². The highest BCUT2D eigenvalue weighted by Crippen LogP contribution is 2.14. The summed E-state index contributed by atoms with van der Waals surface area (Å²) in [5, 5.41) is 0. The summed E-state index contributed by atoms with van der Waals surface area (Å²) in [7, 11) is 0. The molecule has 2 unspecified atom stereocenters. The van der Waals surface area contributed by atoms with Crippen molar-refractivity contribution in [3.05, 3.63) is 12.2 Å². The van der Waals surface area contributed by atoms with Gasteiger partial charge in [0.1, 0.15) is 12.6 Å². The lowest BCUT2D eigenvalue weighted by Gasteiger charge is -2.21. The fourth-order valence-corrected chi connectivity index (χ4v) is 1.97. The van der Waals surface area contributed by atoms with Crippen molar-refractivity contribution in [3.8, 4) is 0 Å². The SMILES string of the molecule is CC(C(=O)OCC1CCCO1)N1C(=O)C=CC1=O. The Morgan fingerprint density at radius 2 is 2.17 bits per heavy atom. The zero-order valence-electron chi connectivity index (χ0n) is 10.1. The number of carbonyl (C=O) groups is 3. The molecule has 0 aromatic carbocycles. The van der Waals surface area contributed by atoms with Gasteiger partial charge in [0, 0.05) is 18.8 Å². The first kappa shape index (κ1) is 12.8. The maximum atomic E-state index is 11.7. The molecule has 2 aliphatic heterocycles. The predicted molar refractivity (Wildman–Crippen MR) is 60.4 cm³/mol. The monoisotopic (exact) mass is 253 g/mol. The van der Waals surface area contributed by atoms with Gasteiger partial charge in [-0.15, -0.1) is 0 Å². The molecule has 0 bridgehead atoms. The molecule has 0 N–H and O–H groups in total. The van der Waals surface area contributed by atoms with Crippen LogP contribution < -0.4 is 0 Å². The van der Waals surface area contributed by atoms with Crippen LogP contribution in [0, 0.1) is 0 Å². The van der Waals surface area contributed by atoms with Crippen LogP contribution in [-0.4, -0.2) is 48.0 Å². The summed E-state index contributed by atoms with van der Waals surface area (Å²) in [5.74, 6) is -1.56. The lowest BCUT2D eigenvalue weighted by Crippen LogP contribution is -2.44. The van der Waals surface area contributed by atoms with Gasteiger partial charge >= 0.3 is 5.97 Å². The van der Waals surface area contributed by atoms with Crippen LogP contribution >= 0.6 is 0 Å². The Bertz CT molecular complexity index is 379. The second kappa shape index (κ2) is 5.30. The van der Waals surface area contributed by atoms with E-state index >= 15 is 0 Å². The maximum Gasteiger partial charge on any atom is 0.329 e. The van der Waals surface area contributed by atoms with Crippen LogP contribution in [0.4, 0.5) is 0 Å². The third-order valence-corrected chi connectivity index (χ3v) is 3.01. The number of nitrogens with zero attached hydrogens (tertiary/aromatic N) is 1. The molecule has 18 heavy (non-hydrogen) atoms. The minimum absolute atomic E-state index is 0.0655. The van der Waals surface area contributed by atoms with Crippen LogP contribution in [0.1, 0.15) is 19.8 Å². The summed E-state index contributed by atoms with van der Waals surface area (Å²) in [6.07, 6.45) is 4.05. The van der Waals surface area contributed by atoms with E-state index in [4.69, 9.17) is 9.47 Å². The molecule has 0 spiro atoms. The molecule has 6 heteroatoms. The zero-order valence-corrected chi connectivity index (χ0v) is 10.1. The lowest BCUT2D eigenvalue weighted by molar-refractivity contribution is -0.158. The van der Waals surface area contributed by atoms with Crippen LogP contribution in [0.3, 0.4) is 0 Å². The van der Waals surface area contributed by atoms with Crippen LogP contribution in [0.15, 0.2) is 12.2 Å². The zero-order chi connectivity index (χ0) is 13.1. The third kappa shape index (κ3) is 2.59. The topological polar surface area (TPSA) is 72.9 Å². The normalized spacial score (nSPS) is 24.7. The average molecular weight is 253 g/mol. The minimum Gasteiger partial charge on any atom is -0.461 e. The van der Waals surface area contributed by atoms with Gasteiger partial charge in [-0.05, 0) is 19.8 Å². The van der Waals surface area contributed by atoms with E-state index in [1.807, 2.05) is 0 Å². The number of imide groups is 1. The number of carbonyl (C=O) groups excluding carboxylic acids is 3. The van der Waals surface area contributed by atoms with Gasteiger partial charge in [0.2, 0.25) is 0 Å². The molecule has 0 radical (unpaired) electrons. The highest BCUT2D eigenvalue weighted by atomic mass is 16.6. The maximum absolute atomic E-state index is 11.7. The van der Waals surface area contributed by atoms with E-state index in [1.54, 1.807) is 0 Å². The Morgan fingerprint density at radius 1 is 1.50 bits per heavy atom. The molecule has 0 aromatic rings. The number of amides is 2. The predicted octanol–water partition coefficient (Wildman–Crippen LogP) is 0.0221. The number of ether oxygens (including phenoxy) is 2. The van der Waals surface area contributed by atoms with E-state index < -0.39 is 23.8 Å². The molecule has 0 aliphatic carbocycles. The van der Waals surface area contributed by atoms with Crippen LogP contribution in [0.25, 0.3) is 0 Å². The second-order valence-corrected chi connectivity index (χ2v) is 4.32. The minimum atomic E-state index is -0.901. The Labute approximate surface area is 105 Å². The first-order valence-electron chi connectivity index (χ1n) is 5.93. The quantitative estimate of drug-likeness (QED) is 0.521. The summed E-state index contributed by atoms with van der Waals surface area (Å²) < 4.78 is 10.4. The van der Waals surface area contributed by atoms with E-state index in [2.05, 4.69) is 0 Å². The summed E-state index contributed by atoms with van der Waals surface area (Å²) in [6.45, 7) is 2.33. The highest BCUT2D eigenvalue weighted by Gasteiger charge is 2.34. The molecule has 1 saturated heterocycles. The standard InChI is InChI=1S/C12H15NO5/c1-8(13-10(14)4-5-11(13)15)12(16)18-7-9-3-2-6-17-9/h4-5,8-9H,2-3,6-7H2,1H3. The van der Waals surface area contributed by atoms with Gasteiger partial charge in [0.25, 0.3) is 11.8 Å². The Hall–Kier alpha value is -1.69. The van der Waals surface area contributed by atoms with Gasteiger partial charge in [-0.3, -0.25) is 14.5 Å². The van der Waals surface area contributed by atoms with E-state index in [0.29, 0.717) is 6.61 Å². The van der Waals surface area contributed by atoms with Gasteiger partial charge in [0.05, 0.1) is 6.10 Å². The molecule has 6 nitrogen and oxygen atoms in total. The van der Waals surface area contributed by atoms with Crippen molar-refractivity contribution < 1.29 is 23.9 Å². The number of esters is 1. The largest absolute Gasteiger partial charge is 0.461 e. The second-order valence-electron chi connectivity index (χ2n) is 4.32. The van der Waals surface area contributed by atoms with Gasteiger partial charge in [-0.1, -0.05) is 0 Å².